The van der Waals surface area contributed by atoms with Crippen LogP contribution >= 0.6 is 7.82 Å². The maximum atomic E-state index is 12.3. The average molecular weight is 283 g/mol. The van der Waals surface area contributed by atoms with Crippen LogP contribution in [0, 0.1) is 0 Å². The summed E-state index contributed by atoms with van der Waals surface area (Å²) in [5.41, 5.74) is 0.590. The number of fused-ring (bicyclic) bond motifs is 1. The molecule has 1 heterocycles. The molecule has 0 atom stereocenters. The summed E-state index contributed by atoms with van der Waals surface area (Å²) in [6, 6.07) is 7.11. The van der Waals surface area contributed by atoms with Crippen LogP contribution in [0.4, 0.5) is 0 Å². The monoisotopic (exact) mass is 283 g/mol. The number of benzene rings is 1. The summed E-state index contributed by atoms with van der Waals surface area (Å²) in [6.45, 7) is 3.80. The minimum Gasteiger partial charge on any atom is -0.383 e. The van der Waals surface area contributed by atoms with Gasteiger partial charge in [-0.05, 0) is 31.2 Å². The lowest BCUT2D eigenvalue weighted by atomic mass is 10.2. The summed E-state index contributed by atoms with van der Waals surface area (Å²) in [6.07, 6.45) is 0. The Labute approximate surface area is 110 Å². The summed E-state index contributed by atoms with van der Waals surface area (Å²) in [7, 11) is -3.68. The first-order valence-corrected chi connectivity index (χ1v) is 7.31. The smallest absolute Gasteiger partial charge is 0.383 e. The molecule has 7 nitrogen and oxygen atoms in total. The second kappa shape index (κ2) is 6.06. The second-order valence-electron chi connectivity index (χ2n) is 3.49. The molecule has 0 aliphatic rings. The van der Waals surface area contributed by atoms with Crippen LogP contribution in [-0.2, 0) is 13.6 Å². The molecular formula is C11H14N3O4P. The molecule has 0 spiro atoms. The van der Waals surface area contributed by atoms with Crippen LogP contribution in [0.2, 0.25) is 0 Å². The second-order valence-corrected chi connectivity index (χ2v) is 5.08. The molecule has 1 aromatic heterocycles. The quantitative estimate of drug-likeness (QED) is 0.753. The number of nitrogens with zero attached hydrogens (tertiary/aromatic N) is 3. The highest BCUT2D eigenvalue weighted by molar-refractivity contribution is 7.48. The minimum absolute atomic E-state index is 0.0795. The third-order valence-corrected chi connectivity index (χ3v) is 3.74. The number of hydrogen-bond acceptors (Lipinski definition) is 7. The fourth-order valence-electron chi connectivity index (χ4n) is 1.49. The van der Waals surface area contributed by atoms with Crippen molar-refractivity contribution in [3.05, 3.63) is 24.3 Å². The van der Waals surface area contributed by atoms with Crippen LogP contribution in [0.15, 0.2) is 24.3 Å². The Bertz CT molecular complexity index is 592. The van der Waals surface area contributed by atoms with E-state index >= 15 is 0 Å². The van der Waals surface area contributed by atoms with Gasteiger partial charge in [0.1, 0.15) is 5.52 Å². The van der Waals surface area contributed by atoms with Crippen molar-refractivity contribution in [3.63, 3.8) is 0 Å². The van der Waals surface area contributed by atoms with Gasteiger partial charge >= 0.3 is 7.82 Å². The van der Waals surface area contributed by atoms with Crippen molar-refractivity contribution in [2.24, 2.45) is 0 Å². The average Bonchev–Trinajstić information content (AvgIpc) is 2.39. The molecule has 0 fully saturated rings. The number of rotatable bonds is 6. The fourth-order valence-corrected chi connectivity index (χ4v) is 2.65. The zero-order valence-electron chi connectivity index (χ0n) is 10.6. The molecule has 0 N–H and O–H groups in total. The molecule has 0 saturated heterocycles. The maximum Gasteiger partial charge on any atom is 0.531 e. The Balaban J connectivity index is 2.36. The van der Waals surface area contributed by atoms with E-state index in [1.54, 1.807) is 32.0 Å². The zero-order valence-corrected chi connectivity index (χ0v) is 11.5. The van der Waals surface area contributed by atoms with E-state index in [1.165, 1.54) is 0 Å². The Morgan fingerprint density at radius 1 is 1.11 bits per heavy atom. The lowest BCUT2D eigenvalue weighted by Gasteiger charge is -2.16. The number of hydrogen-bond donors (Lipinski definition) is 0. The predicted molar refractivity (Wildman–Crippen MR) is 68.8 cm³/mol. The zero-order chi connectivity index (χ0) is 13.7. The summed E-state index contributed by atoms with van der Waals surface area (Å²) in [5.74, 6) is 0.0795. The van der Waals surface area contributed by atoms with Crippen molar-refractivity contribution in [1.82, 2.24) is 15.4 Å². The van der Waals surface area contributed by atoms with Crippen molar-refractivity contribution >= 4 is 18.7 Å². The molecule has 2 rings (SSSR count). The van der Waals surface area contributed by atoms with Gasteiger partial charge in [0, 0.05) is 0 Å². The van der Waals surface area contributed by atoms with Crippen LogP contribution in [0.5, 0.6) is 5.88 Å². The molecule has 0 aliphatic carbocycles. The number of phosphoric ester groups is 1. The standard InChI is InChI=1S/C11H14N3O4P/c1-3-16-19(15,17-4-2)18-11-9-7-5-6-8-10(9)12-14-13-11/h5-8H,3-4H2,1-2H3. The third-order valence-electron chi connectivity index (χ3n) is 2.20. The summed E-state index contributed by atoms with van der Waals surface area (Å²) >= 11 is 0. The molecule has 1 aromatic carbocycles. The van der Waals surface area contributed by atoms with E-state index in [1.807, 2.05) is 6.07 Å². The molecule has 0 bridgehead atoms. The van der Waals surface area contributed by atoms with Crippen LogP contribution in [0.3, 0.4) is 0 Å². The number of phosphoric acid groups is 1. The van der Waals surface area contributed by atoms with E-state index in [-0.39, 0.29) is 19.1 Å². The van der Waals surface area contributed by atoms with Gasteiger partial charge in [-0.1, -0.05) is 17.2 Å². The van der Waals surface area contributed by atoms with E-state index in [0.29, 0.717) is 10.9 Å². The van der Waals surface area contributed by atoms with Gasteiger partial charge in [0.25, 0.3) is 5.88 Å². The van der Waals surface area contributed by atoms with E-state index in [9.17, 15) is 4.57 Å². The number of aromatic nitrogens is 3. The lowest BCUT2D eigenvalue weighted by Crippen LogP contribution is -2.04. The molecule has 102 valence electrons. The molecular weight excluding hydrogens is 269 g/mol. The molecule has 2 aromatic rings. The van der Waals surface area contributed by atoms with Crippen molar-refractivity contribution in [1.29, 1.82) is 0 Å². The van der Waals surface area contributed by atoms with Crippen LogP contribution in [-0.4, -0.2) is 28.6 Å². The van der Waals surface area contributed by atoms with Crippen LogP contribution in [0.25, 0.3) is 10.9 Å². The molecule has 8 heteroatoms. The van der Waals surface area contributed by atoms with Crippen LogP contribution < -0.4 is 4.52 Å². The summed E-state index contributed by atoms with van der Waals surface area (Å²) in [4.78, 5) is 0. The Hall–Kier alpha value is -1.56. The van der Waals surface area contributed by atoms with Gasteiger partial charge in [0.15, 0.2) is 0 Å². The van der Waals surface area contributed by atoms with Crippen molar-refractivity contribution in [3.8, 4) is 5.88 Å². The topological polar surface area (TPSA) is 83.4 Å². The fraction of sp³-hybridized carbons (Fsp3) is 0.364. The Morgan fingerprint density at radius 3 is 2.47 bits per heavy atom. The highest BCUT2D eigenvalue weighted by Crippen LogP contribution is 2.49. The lowest BCUT2D eigenvalue weighted by molar-refractivity contribution is 0.166. The van der Waals surface area contributed by atoms with Gasteiger partial charge in [-0.15, -0.1) is 5.10 Å². The first kappa shape index (κ1) is 13.9. The van der Waals surface area contributed by atoms with Gasteiger partial charge in [0.2, 0.25) is 0 Å². The highest BCUT2D eigenvalue weighted by atomic mass is 31.2. The van der Waals surface area contributed by atoms with Gasteiger partial charge in [0.05, 0.1) is 18.6 Å². The van der Waals surface area contributed by atoms with E-state index in [2.05, 4.69) is 15.4 Å². The van der Waals surface area contributed by atoms with E-state index < -0.39 is 7.82 Å². The van der Waals surface area contributed by atoms with Crippen LogP contribution in [0.1, 0.15) is 13.8 Å². The van der Waals surface area contributed by atoms with E-state index in [0.717, 1.165) is 0 Å². The van der Waals surface area contributed by atoms with Gasteiger partial charge in [-0.2, -0.15) is 0 Å². The highest BCUT2D eigenvalue weighted by Gasteiger charge is 2.29. The summed E-state index contributed by atoms with van der Waals surface area (Å²) in [5, 5.41) is 11.7. The first-order chi connectivity index (χ1) is 9.18. The van der Waals surface area contributed by atoms with Crippen molar-refractivity contribution in [2.75, 3.05) is 13.2 Å². The SMILES string of the molecule is CCOP(=O)(OCC)Oc1nnnc2ccccc12. The molecule has 0 saturated carbocycles. The maximum absolute atomic E-state index is 12.3. The van der Waals surface area contributed by atoms with Gasteiger partial charge < -0.3 is 4.52 Å². The molecule has 19 heavy (non-hydrogen) atoms. The summed E-state index contributed by atoms with van der Waals surface area (Å²) < 4.78 is 27.7. The van der Waals surface area contributed by atoms with E-state index in [4.69, 9.17) is 13.6 Å². The molecule has 0 unspecified atom stereocenters. The van der Waals surface area contributed by atoms with Crippen molar-refractivity contribution < 1.29 is 18.1 Å². The molecule has 0 amide bonds. The predicted octanol–water partition coefficient (Wildman–Crippen LogP) is 2.58. The van der Waals surface area contributed by atoms with Gasteiger partial charge in [-0.25, -0.2) is 4.57 Å². The Morgan fingerprint density at radius 2 is 1.79 bits per heavy atom. The molecule has 0 aliphatic heterocycles. The largest absolute Gasteiger partial charge is 0.531 e. The normalized spacial score (nSPS) is 11.7. The van der Waals surface area contributed by atoms with Gasteiger partial charge in [-0.3, -0.25) is 9.05 Å². The first-order valence-electron chi connectivity index (χ1n) is 5.85. The van der Waals surface area contributed by atoms with Crippen molar-refractivity contribution in [2.45, 2.75) is 13.8 Å². The Kier molecular flexibility index (Phi) is 4.42. The third kappa shape index (κ3) is 3.26. The molecule has 0 radical (unpaired) electrons. The minimum atomic E-state index is -3.68.